The Balaban J connectivity index is 2.04. The maximum Gasteiger partial charge on any atom is 0.162 e. The molecule has 1 aromatic heterocycles. The molecule has 1 aliphatic rings. The number of halogens is 3. The second kappa shape index (κ2) is 5.70. The van der Waals surface area contributed by atoms with Crippen molar-refractivity contribution in [1.82, 2.24) is 14.8 Å². The Hall–Kier alpha value is -3.09. The van der Waals surface area contributed by atoms with E-state index in [1.165, 1.54) is 24.3 Å². The maximum absolute atomic E-state index is 15.6. The van der Waals surface area contributed by atoms with Crippen LogP contribution in [0.1, 0.15) is 31.1 Å². The van der Waals surface area contributed by atoms with Crippen molar-refractivity contribution in [1.29, 1.82) is 0 Å². The van der Waals surface area contributed by atoms with Crippen molar-refractivity contribution >= 4 is 11.8 Å². The molecule has 2 aromatic carbocycles. The zero-order valence-electron chi connectivity index (χ0n) is 15.1. The summed E-state index contributed by atoms with van der Waals surface area (Å²) in [5.41, 5.74) is -0.0374. The standard InChI is InChI=1S/C20H17F3N4/c1-5-11-6-12(8-13(21)7-11)16-14(22)9-15-18(17(16)23)27-10(2)25-26-19(27)20(3,4)24-15/h5-9,24H,1H2,2-4H3. The molecule has 0 spiro atoms. The van der Waals surface area contributed by atoms with E-state index in [0.29, 0.717) is 17.2 Å². The van der Waals surface area contributed by atoms with Crippen LogP contribution in [0.3, 0.4) is 0 Å². The number of hydrogen-bond donors (Lipinski definition) is 1. The van der Waals surface area contributed by atoms with Gasteiger partial charge < -0.3 is 5.32 Å². The third-order valence-corrected chi connectivity index (χ3v) is 4.69. The predicted octanol–water partition coefficient (Wildman–Crippen LogP) is 4.96. The number of benzene rings is 2. The first-order chi connectivity index (χ1) is 12.7. The molecule has 0 saturated carbocycles. The van der Waals surface area contributed by atoms with Crippen molar-refractivity contribution < 1.29 is 13.2 Å². The molecule has 0 atom stereocenters. The summed E-state index contributed by atoms with van der Waals surface area (Å²) in [7, 11) is 0. The third kappa shape index (κ3) is 2.53. The zero-order chi connectivity index (χ0) is 19.5. The highest BCUT2D eigenvalue weighted by Gasteiger charge is 2.37. The van der Waals surface area contributed by atoms with Crippen LogP contribution in [-0.4, -0.2) is 14.8 Å². The quantitative estimate of drug-likeness (QED) is 0.693. The molecule has 0 bridgehead atoms. The summed E-state index contributed by atoms with van der Waals surface area (Å²) in [6.45, 7) is 8.98. The minimum atomic E-state index is -0.808. The van der Waals surface area contributed by atoms with Gasteiger partial charge in [0.2, 0.25) is 0 Å². The smallest absolute Gasteiger partial charge is 0.162 e. The largest absolute Gasteiger partial charge is 0.371 e. The highest BCUT2D eigenvalue weighted by atomic mass is 19.1. The molecule has 0 amide bonds. The molecule has 1 aliphatic heterocycles. The first-order valence-corrected chi connectivity index (χ1v) is 8.39. The average molecular weight is 370 g/mol. The van der Waals surface area contributed by atoms with Crippen molar-refractivity contribution in [3.8, 4) is 16.8 Å². The van der Waals surface area contributed by atoms with Gasteiger partial charge in [0.05, 0.1) is 16.8 Å². The summed E-state index contributed by atoms with van der Waals surface area (Å²) >= 11 is 0. The molecule has 0 radical (unpaired) electrons. The molecular formula is C20H17F3N4. The van der Waals surface area contributed by atoms with E-state index < -0.39 is 23.0 Å². The number of anilines is 1. The number of aromatic nitrogens is 3. The Morgan fingerprint density at radius 2 is 1.85 bits per heavy atom. The lowest BCUT2D eigenvalue weighted by atomic mass is 9.96. The van der Waals surface area contributed by atoms with E-state index in [-0.39, 0.29) is 22.5 Å². The number of rotatable bonds is 2. The molecule has 27 heavy (non-hydrogen) atoms. The molecule has 0 unspecified atom stereocenters. The summed E-state index contributed by atoms with van der Waals surface area (Å²) in [6, 6.07) is 5.05. The van der Waals surface area contributed by atoms with Gasteiger partial charge in [-0.25, -0.2) is 13.2 Å². The van der Waals surface area contributed by atoms with Crippen molar-refractivity contribution in [2.24, 2.45) is 0 Å². The van der Waals surface area contributed by atoms with Crippen molar-refractivity contribution in [3.05, 3.63) is 65.5 Å². The highest BCUT2D eigenvalue weighted by molar-refractivity contribution is 5.78. The van der Waals surface area contributed by atoms with Gasteiger partial charge in [0.1, 0.15) is 23.1 Å². The zero-order valence-corrected chi connectivity index (χ0v) is 15.1. The molecule has 2 heterocycles. The van der Waals surface area contributed by atoms with Gasteiger partial charge in [0.15, 0.2) is 11.6 Å². The minimum absolute atomic E-state index is 0.0970. The number of nitrogens with one attached hydrogen (secondary N) is 1. The van der Waals surface area contributed by atoms with Crippen LogP contribution in [0.25, 0.3) is 22.9 Å². The fraction of sp³-hybridized carbons (Fsp3) is 0.200. The summed E-state index contributed by atoms with van der Waals surface area (Å²) < 4.78 is 45.9. The van der Waals surface area contributed by atoms with Crippen LogP contribution in [0.5, 0.6) is 0 Å². The van der Waals surface area contributed by atoms with Crippen LogP contribution in [-0.2, 0) is 5.54 Å². The molecule has 0 saturated heterocycles. The topological polar surface area (TPSA) is 42.7 Å². The SMILES string of the molecule is C=Cc1cc(F)cc(-c2c(F)cc3c(c2F)-n2c(C)nnc2C(C)(C)N3)c1. The third-order valence-electron chi connectivity index (χ3n) is 4.69. The molecule has 0 fully saturated rings. The fourth-order valence-corrected chi connectivity index (χ4v) is 3.49. The molecule has 4 nitrogen and oxygen atoms in total. The maximum atomic E-state index is 15.6. The van der Waals surface area contributed by atoms with E-state index in [0.717, 1.165) is 6.07 Å². The molecular weight excluding hydrogens is 353 g/mol. The summed E-state index contributed by atoms with van der Waals surface area (Å²) in [4.78, 5) is 0. The van der Waals surface area contributed by atoms with Gasteiger partial charge in [-0.3, -0.25) is 4.57 Å². The number of hydrogen-bond acceptors (Lipinski definition) is 3. The Labute approximate surface area is 154 Å². The summed E-state index contributed by atoms with van der Waals surface area (Å²) in [5, 5.41) is 11.3. The van der Waals surface area contributed by atoms with Gasteiger partial charge in [-0.2, -0.15) is 0 Å². The fourth-order valence-electron chi connectivity index (χ4n) is 3.49. The molecule has 0 aliphatic carbocycles. The second-order valence-corrected chi connectivity index (χ2v) is 7.08. The van der Waals surface area contributed by atoms with Crippen LogP contribution in [0, 0.1) is 24.4 Å². The van der Waals surface area contributed by atoms with Crippen LogP contribution >= 0.6 is 0 Å². The van der Waals surface area contributed by atoms with E-state index in [9.17, 15) is 8.78 Å². The number of fused-ring (bicyclic) bond motifs is 3. The first-order valence-electron chi connectivity index (χ1n) is 8.39. The van der Waals surface area contributed by atoms with Crippen LogP contribution in [0.2, 0.25) is 0 Å². The van der Waals surface area contributed by atoms with Gasteiger partial charge in [0.25, 0.3) is 0 Å². The molecule has 1 N–H and O–H groups in total. The van der Waals surface area contributed by atoms with E-state index >= 15 is 4.39 Å². The normalized spacial score (nSPS) is 14.3. The summed E-state index contributed by atoms with van der Waals surface area (Å²) in [5.74, 6) is -1.21. The monoisotopic (exact) mass is 370 g/mol. The molecule has 138 valence electrons. The highest BCUT2D eigenvalue weighted by Crippen LogP contribution is 2.42. The van der Waals surface area contributed by atoms with Crippen molar-refractivity contribution in [2.75, 3.05) is 5.32 Å². The Bertz CT molecular complexity index is 1100. The summed E-state index contributed by atoms with van der Waals surface area (Å²) in [6.07, 6.45) is 1.42. The average Bonchev–Trinajstić information content (AvgIpc) is 2.96. The Morgan fingerprint density at radius 3 is 2.56 bits per heavy atom. The van der Waals surface area contributed by atoms with Gasteiger partial charge >= 0.3 is 0 Å². The van der Waals surface area contributed by atoms with Crippen LogP contribution in [0.4, 0.5) is 18.9 Å². The first kappa shape index (κ1) is 17.3. The van der Waals surface area contributed by atoms with E-state index in [1.807, 2.05) is 13.8 Å². The van der Waals surface area contributed by atoms with Gasteiger partial charge in [-0.1, -0.05) is 12.7 Å². The Kier molecular flexibility index (Phi) is 3.66. The van der Waals surface area contributed by atoms with Gasteiger partial charge in [0, 0.05) is 0 Å². The van der Waals surface area contributed by atoms with E-state index in [2.05, 4.69) is 22.1 Å². The van der Waals surface area contributed by atoms with Gasteiger partial charge in [-0.15, -0.1) is 10.2 Å². The molecule has 3 aromatic rings. The lowest BCUT2D eigenvalue weighted by Gasteiger charge is -2.34. The molecule has 7 heteroatoms. The van der Waals surface area contributed by atoms with Crippen LogP contribution in [0.15, 0.2) is 30.8 Å². The van der Waals surface area contributed by atoms with Crippen LogP contribution < -0.4 is 5.32 Å². The van der Waals surface area contributed by atoms with Gasteiger partial charge in [-0.05, 0) is 56.2 Å². The predicted molar refractivity (Wildman–Crippen MR) is 98.1 cm³/mol. The number of aryl methyl sites for hydroxylation is 1. The minimum Gasteiger partial charge on any atom is -0.371 e. The van der Waals surface area contributed by atoms with E-state index in [4.69, 9.17) is 0 Å². The Morgan fingerprint density at radius 1 is 1.11 bits per heavy atom. The lowest BCUT2D eigenvalue weighted by Crippen LogP contribution is -2.36. The van der Waals surface area contributed by atoms with E-state index in [1.54, 1.807) is 11.5 Å². The molecule has 4 rings (SSSR count). The van der Waals surface area contributed by atoms with Crippen molar-refractivity contribution in [3.63, 3.8) is 0 Å². The lowest BCUT2D eigenvalue weighted by molar-refractivity contribution is 0.517. The number of nitrogens with zero attached hydrogens (tertiary/aromatic N) is 3. The second-order valence-electron chi connectivity index (χ2n) is 7.08. The van der Waals surface area contributed by atoms with Crippen molar-refractivity contribution in [2.45, 2.75) is 26.3 Å².